The van der Waals surface area contributed by atoms with E-state index < -0.39 is 12.1 Å². The van der Waals surface area contributed by atoms with Crippen LogP contribution >= 0.6 is 0 Å². The molecular formula is C44H84N6O4. The third kappa shape index (κ3) is 25.6. The Kier molecular flexibility index (Phi) is 32.2. The molecule has 0 radical (unpaired) electrons. The summed E-state index contributed by atoms with van der Waals surface area (Å²) in [6.07, 6.45) is 25.5. The van der Waals surface area contributed by atoms with Gasteiger partial charge in [-0.3, -0.25) is 9.59 Å². The number of nitrogens with two attached hydrogens (primary N) is 4. The summed E-state index contributed by atoms with van der Waals surface area (Å²) in [5.41, 5.74) is 23.9. The van der Waals surface area contributed by atoms with Crippen molar-refractivity contribution in [1.29, 1.82) is 0 Å². The van der Waals surface area contributed by atoms with Crippen LogP contribution in [0.5, 0.6) is 11.5 Å². The van der Waals surface area contributed by atoms with Gasteiger partial charge < -0.3 is 42.2 Å². The van der Waals surface area contributed by atoms with Crippen molar-refractivity contribution in [2.24, 2.45) is 22.9 Å². The number of nitrogens with zero attached hydrogens (tertiary/aromatic N) is 2. The fourth-order valence-corrected chi connectivity index (χ4v) is 6.74. The maximum absolute atomic E-state index is 13.2. The summed E-state index contributed by atoms with van der Waals surface area (Å²) in [7, 11) is 0. The molecule has 1 aromatic rings. The van der Waals surface area contributed by atoms with Crippen LogP contribution in [0.15, 0.2) is 24.3 Å². The van der Waals surface area contributed by atoms with Gasteiger partial charge in [-0.25, -0.2) is 0 Å². The van der Waals surface area contributed by atoms with Gasteiger partial charge in [-0.05, 0) is 102 Å². The van der Waals surface area contributed by atoms with E-state index in [0.29, 0.717) is 52.2 Å². The van der Waals surface area contributed by atoms with E-state index in [9.17, 15) is 9.59 Å². The molecule has 0 saturated carbocycles. The standard InChI is InChI=1S/C44H84N6O4/c1-3-5-7-9-11-13-19-33-49(43(51)41(47)25-15-17-31-45)35-21-23-37-53-39-27-29-40(30-28-39)54-38-24-22-36-50(34-20-14-12-10-8-6-4-2)44(52)42(48)26-16-18-32-46/h27-30,41-42H,3-26,31-38,45-48H2,1-2H3/t41-,42-/m0/s1. The van der Waals surface area contributed by atoms with E-state index in [1.54, 1.807) is 0 Å². The van der Waals surface area contributed by atoms with Gasteiger partial charge in [0.2, 0.25) is 11.8 Å². The molecule has 54 heavy (non-hydrogen) atoms. The smallest absolute Gasteiger partial charge is 0.239 e. The molecule has 0 aliphatic rings. The molecule has 0 fully saturated rings. The summed E-state index contributed by atoms with van der Waals surface area (Å²) in [5, 5.41) is 0. The van der Waals surface area contributed by atoms with Crippen LogP contribution in [0.2, 0.25) is 0 Å². The van der Waals surface area contributed by atoms with Crippen LogP contribution in [0.25, 0.3) is 0 Å². The van der Waals surface area contributed by atoms with E-state index in [1.807, 2.05) is 34.1 Å². The highest BCUT2D eigenvalue weighted by atomic mass is 16.5. The Hall–Kier alpha value is -2.40. The Labute approximate surface area is 331 Å². The number of amides is 2. The zero-order chi connectivity index (χ0) is 39.5. The fraction of sp³-hybridized carbons (Fsp3) is 0.818. The number of carbonyl (C=O) groups is 2. The number of hydrogen-bond donors (Lipinski definition) is 4. The first-order valence-corrected chi connectivity index (χ1v) is 22.2. The largest absolute Gasteiger partial charge is 0.494 e. The molecule has 2 atom stereocenters. The van der Waals surface area contributed by atoms with E-state index in [0.717, 1.165) is 102 Å². The Morgan fingerprint density at radius 3 is 1.13 bits per heavy atom. The van der Waals surface area contributed by atoms with Gasteiger partial charge in [0.15, 0.2) is 0 Å². The van der Waals surface area contributed by atoms with Gasteiger partial charge in [0.1, 0.15) is 11.5 Å². The minimum Gasteiger partial charge on any atom is -0.494 e. The van der Waals surface area contributed by atoms with Gasteiger partial charge in [-0.15, -0.1) is 0 Å². The first-order valence-electron chi connectivity index (χ1n) is 22.2. The lowest BCUT2D eigenvalue weighted by Gasteiger charge is -2.26. The Morgan fingerprint density at radius 2 is 0.796 bits per heavy atom. The highest BCUT2D eigenvalue weighted by molar-refractivity contribution is 5.82. The van der Waals surface area contributed by atoms with Crippen molar-refractivity contribution in [2.45, 2.75) is 180 Å². The molecule has 8 N–H and O–H groups in total. The average Bonchev–Trinajstić information content (AvgIpc) is 3.18. The second-order valence-corrected chi connectivity index (χ2v) is 15.3. The number of hydrogen-bond acceptors (Lipinski definition) is 8. The number of ether oxygens (including phenoxy) is 2. The van der Waals surface area contributed by atoms with E-state index in [1.165, 1.54) is 64.2 Å². The van der Waals surface area contributed by atoms with Gasteiger partial charge in [0.25, 0.3) is 0 Å². The molecule has 314 valence electrons. The molecule has 0 aromatic heterocycles. The summed E-state index contributed by atoms with van der Waals surface area (Å²) in [6.45, 7) is 9.90. The predicted octanol–water partition coefficient (Wildman–Crippen LogP) is 8.08. The molecule has 0 heterocycles. The fourth-order valence-electron chi connectivity index (χ4n) is 6.74. The molecule has 0 spiro atoms. The SMILES string of the molecule is CCCCCCCCCN(CCCCOc1ccc(OCCCCN(CCCCCCCCC)C(=O)[C@@H](N)CCCCN)cc1)C(=O)[C@@H](N)CCCCN. The van der Waals surface area contributed by atoms with E-state index >= 15 is 0 Å². The molecule has 0 aliphatic carbocycles. The third-order valence-corrected chi connectivity index (χ3v) is 10.3. The molecule has 0 unspecified atom stereocenters. The van der Waals surface area contributed by atoms with Gasteiger partial charge in [-0.1, -0.05) is 104 Å². The topological polar surface area (TPSA) is 163 Å². The monoisotopic (exact) mass is 761 g/mol. The van der Waals surface area contributed by atoms with Crippen LogP contribution in [0, 0.1) is 0 Å². The lowest BCUT2D eigenvalue weighted by atomic mass is 10.1. The van der Waals surface area contributed by atoms with Crippen LogP contribution in [0.3, 0.4) is 0 Å². The highest BCUT2D eigenvalue weighted by Gasteiger charge is 2.21. The second kappa shape index (κ2) is 35.0. The van der Waals surface area contributed by atoms with Crippen molar-refractivity contribution < 1.29 is 19.1 Å². The zero-order valence-electron chi connectivity index (χ0n) is 34.9. The van der Waals surface area contributed by atoms with Crippen LogP contribution in [0.1, 0.15) is 168 Å². The summed E-state index contributed by atoms with van der Waals surface area (Å²) in [4.78, 5) is 30.3. The van der Waals surface area contributed by atoms with Crippen LogP contribution < -0.4 is 32.4 Å². The normalized spacial score (nSPS) is 12.4. The molecule has 2 amide bonds. The van der Waals surface area contributed by atoms with Crippen LogP contribution in [0.4, 0.5) is 0 Å². The minimum atomic E-state index is -0.447. The molecule has 10 heteroatoms. The predicted molar refractivity (Wildman–Crippen MR) is 227 cm³/mol. The summed E-state index contributed by atoms with van der Waals surface area (Å²) >= 11 is 0. The lowest BCUT2D eigenvalue weighted by molar-refractivity contribution is -0.133. The average molecular weight is 761 g/mol. The summed E-state index contributed by atoms with van der Waals surface area (Å²) in [5.74, 6) is 1.76. The van der Waals surface area contributed by atoms with Gasteiger partial charge in [0.05, 0.1) is 25.3 Å². The molecule has 1 rings (SSSR count). The highest BCUT2D eigenvalue weighted by Crippen LogP contribution is 2.19. The second-order valence-electron chi connectivity index (χ2n) is 15.3. The summed E-state index contributed by atoms with van der Waals surface area (Å²) in [6, 6.07) is 6.89. The van der Waals surface area contributed by atoms with Crippen molar-refractivity contribution >= 4 is 11.8 Å². The quantitative estimate of drug-likeness (QED) is 0.0492. The molecule has 1 aromatic carbocycles. The van der Waals surface area contributed by atoms with Crippen molar-refractivity contribution in [2.75, 3.05) is 52.5 Å². The number of unbranched alkanes of at least 4 members (excludes halogenated alkanes) is 16. The van der Waals surface area contributed by atoms with Crippen molar-refractivity contribution in [3.63, 3.8) is 0 Å². The Balaban J connectivity index is 2.44. The third-order valence-electron chi connectivity index (χ3n) is 10.3. The van der Waals surface area contributed by atoms with Crippen LogP contribution in [-0.4, -0.2) is 86.2 Å². The van der Waals surface area contributed by atoms with Gasteiger partial charge >= 0.3 is 0 Å². The molecule has 10 nitrogen and oxygen atoms in total. The van der Waals surface area contributed by atoms with Gasteiger partial charge in [0, 0.05) is 26.2 Å². The number of benzene rings is 1. The number of rotatable bonds is 38. The summed E-state index contributed by atoms with van der Waals surface area (Å²) < 4.78 is 12.0. The van der Waals surface area contributed by atoms with E-state index in [2.05, 4.69) is 13.8 Å². The minimum absolute atomic E-state index is 0.0714. The van der Waals surface area contributed by atoms with Gasteiger partial charge in [-0.2, -0.15) is 0 Å². The first-order chi connectivity index (χ1) is 26.4. The van der Waals surface area contributed by atoms with Crippen LogP contribution in [-0.2, 0) is 9.59 Å². The van der Waals surface area contributed by atoms with Crippen molar-refractivity contribution in [3.05, 3.63) is 24.3 Å². The maximum Gasteiger partial charge on any atom is 0.239 e. The van der Waals surface area contributed by atoms with Crippen molar-refractivity contribution in [1.82, 2.24) is 9.80 Å². The first kappa shape index (κ1) is 49.6. The molecular weight excluding hydrogens is 677 g/mol. The van der Waals surface area contributed by atoms with Crippen molar-refractivity contribution in [3.8, 4) is 11.5 Å². The number of carbonyl (C=O) groups excluding carboxylic acids is 2. The maximum atomic E-state index is 13.2. The van der Waals surface area contributed by atoms with E-state index in [4.69, 9.17) is 32.4 Å². The molecule has 0 aliphatic heterocycles. The lowest BCUT2D eigenvalue weighted by Crippen LogP contribution is -2.44. The molecule has 0 bridgehead atoms. The Morgan fingerprint density at radius 1 is 0.481 bits per heavy atom. The Bertz CT molecular complexity index is 934. The molecule has 0 saturated heterocycles. The van der Waals surface area contributed by atoms with E-state index in [-0.39, 0.29) is 11.8 Å². The zero-order valence-corrected chi connectivity index (χ0v) is 34.9.